The van der Waals surface area contributed by atoms with E-state index in [1.165, 1.54) is 0 Å². The van der Waals surface area contributed by atoms with Crippen molar-refractivity contribution < 1.29 is 0 Å². The molecule has 2 aromatic heterocycles. The van der Waals surface area contributed by atoms with Gasteiger partial charge in [-0.3, -0.25) is 0 Å². The highest BCUT2D eigenvalue weighted by atomic mass is 35.5. The molecule has 0 fully saturated rings. The Morgan fingerprint density at radius 1 is 1.17 bits per heavy atom. The van der Waals surface area contributed by atoms with Crippen molar-refractivity contribution >= 4 is 22.5 Å². The smallest absolute Gasteiger partial charge is 0.128 e. The molecule has 2 heterocycles. The molecule has 3 rings (SSSR count). The highest BCUT2D eigenvalue weighted by Crippen LogP contribution is 2.24. The Balaban J connectivity index is 2.03. The monoisotopic (exact) mass is 259 g/mol. The first-order chi connectivity index (χ1) is 8.79. The topological polar surface area (TPSA) is 22.8 Å². The van der Waals surface area contributed by atoms with Crippen molar-refractivity contribution in [2.75, 3.05) is 0 Å². The van der Waals surface area contributed by atoms with Crippen LogP contribution in [0.1, 0.15) is 12.7 Å². The van der Waals surface area contributed by atoms with Crippen molar-refractivity contribution in [3.8, 4) is 0 Å². The minimum Gasteiger partial charge on any atom is -0.340 e. The lowest BCUT2D eigenvalue weighted by molar-refractivity contribution is 0.662. The number of imidazole rings is 1. The molecule has 92 valence electrons. The first kappa shape index (κ1) is 11.4. The van der Waals surface area contributed by atoms with E-state index in [4.69, 9.17) is 11.6 Å². The van der Waals surface area contributed by atoms with E-state index < -0.39 is 0 Å². The van der Waals surface area contributed by atoms with Crippen LogP contribution in [-0.2, 0) is 13.1 Å². The summed E-state index contributed by atoms with van der Waals surface area (Å²) in [5, 5.41) is 1.89. The second-order valence-corrected chi connectivity index (χ2v) is 4.65. The van der Waals surface area contributed by atoms with Crippen LogP contribution in [0.3, 0.4) is 0 Å². The van der Waals surface area contributed by atoms with Crippen LogP contribution in [0.5, 0.6) is 0 Å². The van der Waals surface area contributed by atoms with Gasteiger partial charge in [-0.25, -0.2) is 4.98 Å². The standard InChI is InChI=1S/C14H14ClN3/c1-2-17-9-7-16-14(17)10-18-8-6-11-12(15)4-3-5-13(11)18/h3-9H,2,10H2,1H3. The average molecular weight is 260 g/mol. The lowest BCUT2D eigenvalue weighted by Crippen LogP contribution is -2.06. The van der Waals surface area contributed by atoms with Crippen molar-refractivity contribution in [3.63, 3.8) is 0 Å². The Kier molecular flexibility index (Phi) is 2.84. The zero-order valence-electron chi connectivity index (χ0n) is 10.2. The summed E-state index contributed by atoms with van der Waals surface area (Å²) < 4.78 is 4.33. The molecule has 3 nitrogen and oxygen atoms in total. The Bertz CT molecular complexity index is 681. The van der Waals surface area contributed by atoms with Gasteiger partial charge in [-0.15, -0.1) is 0 Å². The van der Waals surface area contributed by atoms with Gasteiger partial charge in [-0.2, -0.15) is 0 Å². The predicted molar refractivity (Wildman–Crippen MR) is 74.0 cm³/mol. The maximum Gasteiger partial charge on any atom is 0.128 e. The number of aryl methyl sites for hydroxylation is 1. The normalized spacial score (nSPS) is 11.2. The van der Waals surface area contributed by atoms with Gasteiger partial charge in [-0.05, 0) is 25.1 Å². The Morgan fingerprint density at radius 3 is 2.89 bits per heavy atom. The molecule has 0 spiro atoms. The summed E-state index contributed by atoms with van der Waals surface area (Å²) >= 11 is 6.18. The summed E-state index contributed by atoms with van der Waals surface area (Å²) in [5.41, 5.74) is 1.15. The van der Waals surface area contributed by atoms with Gasteiger partial charge in [0.25, 0.3) is 0 Å². The van der Waals surface area contributed by atoms with Crippen LogP contribution in [0.25, 0.3) is 10.9 Å². The number of rotatable bonds is 3. The number of hydrogen-bond acceptors (Lipinski definition) is 1. The molecule has 0 aliphatic rings. The van der Waals surface area contributed by atoms with E-state index >= 15 is 0 Å². The molecule has 0 amide bonds. The van der Waals surface area contributed by atoms with E-state index in [1.54, 1.807) is 0 Å². The van der Waals surface area contributed by atoms with Crippen LogP contribution in [-0.4, -0.2) is 14.1 Å². The molecule has 0 aliphatic heterocycles. The molecule has 18 heavy (non-hydrogen) atoms. The predicted octanol–water partition coefficient (Wildman–Crippen LogP) is 3.56. The van der Waals surface area contributed by atoms with E-state index in [2.05, 4.69) is 39.4 Å². The van der Waals surface area contributed by atoms with Crippen molar-refractivity contribution in [1.82, 2.24) is 14.1 Å². The molecule has 0 saturated heterocycles. The fourth-order valence-electron chi connectivity index (χ4n) is 2.26. The number of fused-ring (bicyclic) bond motifs is 1. The van der Waals surface area contributed by atoms with Gasteiger partial charge in [0.05, 0.1) is 6.54 Å². The van der Waals surface area contributed by atoms with Crippen LogP contribution < -0.4 is 0 Å². The van der Waals surface area contributed by atoms with E-state index in [0.717, 1.165) is 34.8 Å². The zero-order chi connectivity index (χ0) is 12.5. The lowest BCUT2D eigenvalue weighted by Gasteiger charge is -2.07. The third-order valence-electron chi connectivity index (χ3n) is 3.21. The minimum absolute atomic E-state index is 0.769. The van der Waals surface area contributed by atoms with Gasteiger partial charge < -0.3 is 9.13 Å². The summed E-state index contributed by atoms with van der Waals surface area (Å²) in [6.45, 7) is 3.83. The highest BCUT2D eigenvalue weighted by molar-refractivity contribution is 6.35. The molecule has 0 aliphatic carbocycles. The van der Waals surface area contributed by atoms with E-state index in [9.17, 15) is 0 Å². The van der Waals surface area contributed by atoms with E-state index in [-0.39, 0.29) is 0 Å². The van der Waals surface area contributed by atoms with Gasteiger partial charge in [-0.1, -0.05) is 17.7 Å². The van der Waals surface area contributed by atoms with Gasteiger partial charge in [0.2, 0.25) is 0 Å². The van der Waals surface area contributed by atoms with Gasteiger partial charge in [0.15, 0.2) is 0 Å². The van der Waals surface area contributed by atoms with Gasteiger partial charge in [0, 0.05) is 41.1 Å². The molecule has 0 bridgehead atoms. The van der Waals surface area contributed by atoms with Crippen LogP contribution in [0.4, 0.5) is 0 Å². The van der Waals surface area contributed by atoms with Crippen LogP contribution in [0, 0.1) is 0 Å². The summed E-state index contributed by atoms with van der Waals surface area (Å²) in [6, 6.07) is 8.03. The quantitative estimate of drug-likeness (QED) is 0.705. The summed E-state index contributed by atoms with van der Waals surface area (Å²) in [5.74, 6) is 1.06. The number of halogens is 1. The molecular formula is C14H14ClN3. The first-order valence-electron chi connectivity index (χ1n) is 6.03. The van der Waals surface area contributed by atoms with Crippen LogP contribution in [0.2, 0.25) is 5.02 Å². The van der Waals surface area contributed by atoms with Gasteiger partial charge in [0.1, 0.15) is 5.82 Å². The number of hydrogen-bond donors (Lipinski definition) is 0. The number of aromatic nitrogens is 3. The van der Waals surface area contributed by atoms with Crippen LogP contribution >= 0.6 is 11.6 Å². The molecular weight excluding hydrogens is 246 g/mol. The molecule has 4 heteroatoms. The van der Waals surface area contributed by atoms with Crippen molar-refractivity contribution in [2.45, 2.75) is 20.0 Å². The third kappa shape index (κ3) is 1.81. The maximum atomic E-state index is 6.18. The van der Waals surface area contributed by atoms with Crippen LogP contribution in [0.15, 0.2) is 42.9 Å². The maximum absolute atomic E-state index is 6.18. The number of benzene rings is 1. The largest absolute Gasteiger partial charge is 0.340 e. The average Bonchev–Trinajstić information content (AvgIpc) is 2.98. The van der Waals surface area contributed by atoms with E-state index in [0.29, 0.717) is 0 Å². The Labute approximate surface area is 111 Å². The van der Waals surface area contributed by atoms with Gasteiger partial charge >= 0.3 is 0 Å². The summed E-state index contributed by atoms with van der Waals surface area (Å²) in [4.78, 5) is 4.40. The molecule has 0 saturated carbocycles. The molecule has 3 aromatic rings. The lowest BCUT2D eigenvalue weighted by atomic mass is 10.2. The molecule has 0 atom stereocenters. The minimum atomic E-state index is 0.769. The summed E-state index contributed by atoms with van der Waals surface area (Å²) in [6.07, 6.45) is 5.91. The highest BCUT2D eigenvalue weighted by Gasteiger charge is 2.07. The van der Waals surface area contributed by atoms with E-state index in [1.807, 2.05) is 24.5 Å². The Hall–Kier alpha value is -1.74. The second-order valence-electron chi connectivity index (χ2n) is 4.25. The number of nitrogens with zero attached hydrogens (tertiary/aromatic N) is 3. The molecule has 0 N–H and O–H groups in total. The zero-order valence-corrected chi connectivity index (χ0v) is 10.9. The third-order valence-corrected chi connectivity index (χ3v) is 3.54. The molecule has 0 unspecified atom stereocenters. The Morgan fingerprint density at radius 2 is 2.06 bits per heavy atom. The fraction of sp³-hybridized carbons (Fsp3) is 0.214. The molecule has 0 radical (unpaired) electrons. The van der Waals surface area contributed by atoms with Crippen molar-refractivity contribution in [3.05, 3.63) is 53.7 Å². The van der Waals surface area contributed by atoms with Crippen molar-refractivity contribution in [2.24, 2.45) is 0 Å². The summed E-state index contributed by atoms with van der Waals surface area (Å²) in [7, 11) is 0. The fourth-order valence-corrected chi connectivity index (χ4v) is 2.49. The SMILES string of the molecule is CCn1ccnc1Cn1ccc2c(Cl)cccc21. The first-order valence-corrected chi connectivity index (χ1v) is 6.40. The second kappa shape index (κ2) is 4.50. The van der Waals surface area contributed by atoms with Crippen molar-refractivity contribution in [1.29, 1.82) is 0 Å². The molecule has 1 aromatic carbocycles.